The van der Waals surface area contributed by atoms with Crippen LogP contribution < -0.4 is 5.32 Å². The predicted octanol–water partition coefficient (Wildman–Crippen LogP) is 1.45. The van der Waals surface area contributed by atoms with Crippen molar-refractivity contribution in [3.63, 3.8) is 0 Å². The van der Waals surface area contributed by atoms with E-state index in [0.29, 0.717) is 18.7 Å². The monoisotopic (exact) mass is 232 g/mol. The molecule has 0 aliphatic carbocycles. The third kappa shape index (κ3) is 2.50. The Kier molecular flexibility index (Phi) is 2.91. The van der Waals surface area contributed by atoms with Gasteiger partial charge in [0.15, 0.2) is 0 Å². The van der Waals surface area contributed by atoms with Crippen molar-refractivity contribution in [2.45, 2.75) is 19.8 Å². The Bertz CT molecular complexity index is 520. The summed E-state index contributed by atoms with van der Waals surface area (Å²) in [5, 5.41) is 11.4. The number of rotatable bonds is 2. The summed E-state index contributed by atoms with van der Waals surface area (Å²) in [5.41, 5.74) is 1.93. The molecule has 0 radical (unpaired) electrons. The van der Waals surface area contributed by atoms with Crippen molar-refractivity contribution >= 4 is 23.8 Å². The maximum absolute atomic E-state index is 11.1. The molecule has 0 atom stereocenters. The highest BCUT2D eigenvalue weighted by Gasteiger charge is 2.15. The molecule has 0 saturated carbocycles. The minimum atomic E-state index is -0.948. The average Bonchev–Trinajstić information content (AvgIpc) is 2.29. The summed E-state index contributed by atoms with van der Waals surface area (Å²) in [6.45, 7) is 1.53. The molecule has 0 unspecified atom stereocenters. The van der Waals surface area contributed by atoms with Gasteiger partial charge in [0.25, 0.3) is 0 Å². The van der Waals surface area contributed by atoms with Gasteiger partial charge in [-0.15, -0.1) is 0 Å². The van der Waals surface area contributed by atoms with Crippen molar-refractivity contribution in [1.29, 1.82) is 0 Å². The molecule has 2 heterocycles. The molecule has 2 N–H and O–H groups in total. The first kappa shape index (κ1) is 11.3. The SMILES string of the molecule is CC(=Cc1cnc2c(c1)CCC(=O)N2)C(=O)O. The van der Waals surface area contributed by atoms with Crippen LogP contribution in [0.5, 0.6) is 0 Å². The van der Waals surface area contributed by atoms with Crippen LogP contribution in [0.15, 0.2) is 17.8 Å². The molecule has 0 fully saturated rings. The Hall–Kier alpha value is -2.17. The van der Waals surface area contributed by atoms with E-state index < -0.39 is 5.97 Å². The van der Waals surface area contributed by atoms with Crippen molar-refractivity contribution < 1.29 is 14.7 Å². The van der Waals surface area contributed by atoms with Crippen LogP contribution >= 0.6 is 0 Å². The highest BCUT2D eigenvalue weighted by Crippen LogP contribution is 2.21. The second-order valence-corrected chi connectivity index (χ2v) is 3.96. The van der Waals surface area contributed by atoms with Gasteiger partial charge in [0.1, 0.15) is 5.82 Å². The molecule has 1 aliphatic heterocycles. The Morgan fingerprint density at radius 3 is 3.00 bits per heavy atom. The van der Waals surface area contributed by atoms with E-state index in [2.05, 4.69) is 10.3 Å². The van der Waals surface area contributed by atoms with Gasteiger partial charge in [-0.25, -0.2) is 9.78 Å². The van der Waals surface area contributed by atoms with E-state index in [-0.39, 0.29) is 11.5 Å². The number of pyridine rings is 1. The number of nitrogens with zero attached hydrogens (tertiary/aromatic N) is 1. The molecule has 2 rings (SSSR count). The largest absolute Gasteiger partial charge is 0.478 e. The molecule has 5 nitrogen and oxygen atoms in total. The van der Waals surface area contributed by atoms with Crippen LogP contribution in [0.25, 0.3) is 6.08 Å². The fraction of sp³-hybridized carbons (Fsp3) is 0.250. The van der Waals surface area contributed by atoms with E-state index in [1.54, 1.807) is 12.3 Å². The molecule has 5 heteroatoms. The molecule has 1 aromatic heterocycles. The van der Waals surface area contributed by atoms with Crippen LogP contribution in [-0.2, 0) is 16.0 Å². The van der Waals surface area contributed by atoms with E-state index in [1.165, 1.54) is 6.92 Å². The number of carbonyl (C=O) groups is 2. The number of aliphatic carboxylic acids is 1. The maximum atomic E-state index is 11.1. The van der Waals surface area contributed by atoms with Gasteiger partial charge in [-0.1, -0.05) is 0 Å². The molecule has 17 heavy (non-hydrogen) atoms. The summed E-state index contributed by atoms with van der Waals surface area (Å²) >= 11 is 0. The summed E-state index contributed by atoms with van der Waals surface area (Å²) in [5.74, 6) is -0.405. The van der Waals surface area contributed by atoms with Crippen molar-refractivity contribution in [2.24, 2.45) is 0 Å². The van der Waals surface area contributed by atoms with E-state index in [1.807, 2.05) is 6.07 Å². The number of anilines is 1. The van der Waals surface area contributed by atoms with Gasteiger partial charge >= 0.3 is 5.97 Å². The highest BCUT2D eigenvalue weighted by atomic mass is 16.4. The quantitative estimate of drug-likeness (QED) is 0.756. The number of nitrogens with one attached hydrogen (secondary N) is 1. The van der Waals surface area contributed by atoms with Gasteiger partial charge in [-0.3, -0.25) is 4.79 Å². The smallest absolute Gasteiger partial charge is 0.331 e. The molecule has 1 aromatic rings. The molecule has 0 spiro atoms. The number of carbonyl (C=O) groups excluding carboxylic acids is 1. The summed E-state index contributed by atoms with van der Waals surface area (Å²) in [7, 11) is 0. The van der Waals surface area contributed by atoms with Gasteiger partial charge in [-0.05, 0) is 36.6 Å². The van der Waals surface area contributed by atoms with E-state index >= 15 is 0 Å². The summed E-state index contributed by atoms with van der Waals surface area (Å²) in [6, 6.07) is 1.86. The first-order valence-corrected chi connectivity index (χ1v) is 5.26. The molecule has 0 bridgehead atoms. The topological polar surface area (TPSA) is 79.3 Å². The molecular weight excluding hydrogens is 220 g/mol. The van der Waals surface area contributed by atoms with Gasteiger partial charge in [-0.2, -0.15) is 0 Å². The Morgan fingerprint density at radius 1 is 1.53 bits per heavy atom. The van der Waals surface area contributed by atoms with Gasteiger partial charge < -0.3 is 10.4 Å². The minimum Gasteiger partial charge on any atom is -0.478 e. The van der Waals surface area contributed by atoms with Gasteiger partial charge in [0.2, 0.25) is 5.91 Å². The Morgan fingerprint density at radius 2 is 2.29 bits per heavy atom. The van der Waals surface area contributed by atoms with E-state index in [4.69, 9.17) is 5.11 Å². The van der Waals surface area contributed by atoms with E-state index in [9.17, 15) is 9.59 Å². The van der Waals surface area contributed by atoms with Crippen molar-refractivity contribution in [3.05, 3.63) is 29.0 Å². The summed E-state index contributed by atoms with van der Waals surface area (Å²) in [6.07, 6.45) is 4.20. The third-order valence-corrected chi connectivity index (χ3v) is 2.59. The molecule has 88 valence electrons. The number of amides is 1. The first-order chi connectivity index (χ1) is 8.06. The molecule has 0 aromatic carbocycles. The number of hydrogen-bond donors (Lipinski definition) is 2. The lowest BCUT2D eigenvalue weighted by Gasteiger charge is -2.15. The van der Waals surface area contributed by atoms with Crippen molar-refractivity contribution in [2.75, 3.05) is 5.32 Å². The summed E-state index contributed by atoms with van der Waals surface area (Å²) < 4.78 is 0. The fourth-order valence-corrected chi connectivity index (χ4v) is 1.67. The predicted molar refractivity (Wildman–Crippen MR) is 62.5 cm³/mol. The van der Waals surface area contributed by atoms with Crippen LogP contribution in [0.1, 0.15) is 24.5 Å². The van der Waals surface area contributed by atoms with Crippen LogP contribution in [0.2, 0.25) is 0 Å². The lowest BCUT2D eigenvalue weighted by atomic mass is 10.0. The number of carboxylic acid groups (broad SMARTS) is 1. The molecule has 1 amide bonds. The minimum absolute atomic E-state index is 0.0324. The standard InChI is InChI=1S/C12H12N2O3/c1-7(12(16)17)4-8-5-9-2-3-10(15)14-11(9)13-6-8/h4-6H,2-3H2,1H3,(H,16,17)(H,13,14,15). The zero-order valence-corrected chi connectivity index (χ0v) is 9.36. The second kappa shape index (κ2) is 4.37. The van der Waals surface area contributed by atoms with Crippen LogP contribution in [0.3, 0.4) is 0 Å². The number of fused-ring (bicyclic) bond motifs is 1. The van der Waals surface area contributed by atoms with Crippen molar-refractivity contribution in [3.8, 4) is 0 Å². The number of hydrogen-bond acceptors (Lipinski definition) is 3. The molecule has 0 saturated heterocycles. The normalized spacial score (nSPS) is 15.1. The fourth-order valence-electron chi connectivity index (χ4n) is 1.67. The van der Waals surface area contributed by atoms with Crippen LogP contribution in [0.4, 0.5) is 5.82 Å². The Labute approximate surface area is 98.2 Å². The second-order valence-electron chi connectivity index (χ2n) is 3.96. The lowest BCUT2D eigenvalue weighted by molar-refractivity contribution is -0.132. The molecule has 1 aliphatic rings. The number of aromatic nitrogens is 1. The maximum Gasteiger partial charge on any atom is 0.331 e. The zero-order valence-electron chi connectivity index (χ0n) is 9.36. The summed E-state index contributed by atoms with van der Waals surface area (Å²) in [4.78, 5) is 25.9. The lowest BCUT2D eigenvalue weighted by Crippen LogP contribution is -2.20. The van der Waals surface area contributed by atoms with Crippen LogP contribution in [0, 0.1) is 0 Å². The molecular formula is C12H12N2O3. The highest BCUT2D eigenvalue weighted by molar-refractivity contribution is 5.93. The third-order valence-electron chi connectivity index (χ3n) is 2.59. The van der Waals surface area contributed by atoms with E-state index in [0.717, 1.165) is 11.1 Å². The van der Waals surface area contributed by atoms with Crippen molar-refractivity contribution in [1.82, 2.24) is 4.98 Å². The van der Waals surface area contributed by atoms with Crippen LogP contribution in [-0.4, -0.2) is 22.0 Å². The van der Waals surface area contributed by atoms with Gasteiger partial charge in [0, 0.05) is 18.2 Å². The number of carboxylic acids is 1. The van der Waals surface area contributed by atoms with Gasteiger partial charge in [0.05, 0.1) is 0 Å². The first-order valence-electron chi connectivity index (χ1n) is 5.26. The Balaban J connectivity index is 2.31. The average molecular weight is 232 g/mol. The number of aryl methyl sites for hydroxylation is 1. The zero-order chi connectivity index (χ0) is 12.4.